The number of imidazole rings is 1. The van der Waals surface area contributed by atoms with E-state index < -0.39 is 0 Å². The lowest BCUT2D eigenvalue weighted by molar-refractivity contribution is 0.875. The van der Waals surface area contributed by atoms with Crippen molar-refractivity contribution in [1.82, 2.24) is 19.9 Å². The van der Waals surface area contributed by atoms with Crippen LogP contribution in [0.2, 0.25) is 0 Å². The molecular weight excluding hydrogens is 379 g/mol. The van der Waals surface area contributed by atoms with Crippen molar-refractivity contribution in [3.8, 4) is 5.82 Å². The van der Waals surface area contributed by atoms with Gasteiger partial charge in [-0.1, -0.05) is 6.07 Å². The zero-order valence-electron chi connectivity index (χ0n) is 11.9. The lowest BCUT2D eigenvalue weighted by atomic mass is 10.3. The lowest BCUT2D eigenvalue weighted by Gasteiger charge is -2.05. The molecule has 0 spiro atoms. The van der Waals surface area contributed by atoms with Gasteiger partial charge in [-0.15, -0.1) is 24.0 Å². The van der Waals surface area contributed by atoms with Crippen LogP contribution in [-0.2, 0) is 6.54 Å². The highest BCUT2D eigenvalue weighted by Crippen LogP contribution is 2.18. The molecule has 0 radical (unpaired) electrons. The van der Waals surface area contributed by atoms with E-state index in [1.807, 2.05) is 36.0 Å². The number of aromatic nitrogens is 3. The topological polar surface area (TPSA) is 81.1 Å². The predicted molar refractivity (Wildman–Crippen MR) is 93.0 cm³/mol. The van der Waals surface area contributed by atoms with E-state index in [0.717, 1.165) is 17.2 Å². The summed E-state index contributed by atoms with van der Waals surface area (Å²) in [6.07, 6.45) is 7.86. The minimum atomic E-state index is 0. The molecular formula is C14H19IN6. The number of rotatable bonds is 4. The molecule has 0 saturated heterocycles. The Morgan fingerprint density at radius 1 is 1.43 bits per heavy atom. The highest BCUT2D eigenvalue weighted by Gasteiger charge is 2.21. The maximum Gasteiger partial charge on any atom is 0.189 e. The summed E-state index contributed by atoms with van der Waals surface area (Å²) < 4.78 is 1.94. The first kappa shape index (κ1) is 15.7. The first-order valence-corrected chi connectivity index (χ1v) is 6.74. The number of aliphatic imine (C=N–C) groups is 1. The van der Waals surface area contributed by atoms with Gasteiger partial charge in [0.1, 0.15) is 11.6 Å². The number of guanidine groups is 1. The van der Waals surface area contributed by atoms with Crippen molar-refractivity contribution < 1.29 is 0 Å². The highest BCUT2D eigenvalue weighted by molar-refractivity contribution is 14.0. The summed E-state index contributed by atoms with van der Waals surface area (Å²) in [6, 6.07) is 4.50. The van der Waals surface area contributed by atoms with Crippen LogP contribution in [0.5, 0.6) is 0 Å². The maximum absolute atomic E-state index is 5.80. The van der Waals surface area contributed by atoms with Crippen LogP contribution in [0.25, 0.3) is 5.82 Å². The largest absolute Gasteiger partial charge is 0.370 e. The van der Waals surface area contributed by atoms with Crippen LogP contribution in [0.15, 0.2) is 35.7 Å². The van der Waals surface area contributed by atoms with Gasteiger partial charge in [0, 0.05) is 24.6 Å². The Morgan fingerprint density at radius 2 is 2.24 bits per heavy atom. The van der Waals surface area contributed by atoms with Crippen LogP contribution in [0, 0.1) is 6.92 Å². The Hall–Kier alpha value is -1.64. The zero-order valence-corrected chi connectivity index (χ0v) is 14.2. The lowest BCUT2D eigenvalue weighted by Crippen LogP contribution is -2.33. The summed E-state index contributed by atoms with van der Waals surface area (Å²) in [5.74, 6) is 2.29. The van der Waals surface area contributed by atoms with Crippen LogP contribution >= 0.6 is 24.0 Å². The molecule has 0 aromatic carbocycles. The van der Waals surface area contributed by atoms with Crippen LogP contribution in [0.4, 0.5) is 0 Å². The van der Waals surface area contributed by atoms with Gasteiger partial charge in [-0.3, -0.25) is 4.57 Å². The van der Waals surface area contributed by atoms with E-state index in [4.69, 9.17) is 5.73 Å². The quantitative estimate of drug-likeness (QED) is 0.467. The highest BCUT2D eigenvalue weighted by atomic mass is 127. The van der Waals surface area contributed by atoms with E-state index >= 15 is 0 Å². The monoisotopic (exact) mass is 398 g/mol. The van der Waals surface area contributed by atoms with E-state index in [1.165, 1.54) is 12.8 Å². The number of hydrogen-bond acceptors (Lipinski definition) is 3. The molecule has 2 heterocycles. The molecule has 3 N–H and O–H groups in total. The van der Waals surface area contributed by atoms with Crippen molar-refractivity contribution >= 4 is 29.9 Å². The van der Waals surface area contributed by atoms with Gasteiger partial charge in [0.15, 0.2) is 5.96 Å². The number of nitrogens with zero attached hydrogens (tertiary/aromatic N) is 4. The molecule has 1 saturated carbocycles. The first-order valence-electron chi connectivity index (χ1n) is 6.74. The fourth-order valence-corrected chi connectivity index (χ4v) is 1.93. The Bertz CT molecular complexity index is 615. The molecule has 1 fully saturated rings. The first-order chi connectivity index (χ1) is 9.72. The molecule has 21 heavy (non-hydrogen) atoms. The Morgan fingerprint density at radius 3 is 2.81 bits per heavy atom. The zero-order chi connectivity index (χ0) is 13.9. The molecule has 112 valence electrons. The van der Waals surface area contributed by atoms with Crippen LogP contribution in [0.1, 0.15) is 24.2 Å². The van der Waals surface area contributed by atoms with Gasteiger partial charge in [-0.05, 0) is 31.4 Å². The summed E-state index contributed by atoms with van der Waals surface area (Å²) in [7, 11) is 0. The summed E-state index contributed by atoms with van der Waals surface area (Å²) in [4.78, 5) is 12.9. The van der Waals surface area contributed by atoms with Gasteiger partial charge >= 0.3 is 0 Å². The average Bonchev–Trinajstić information content (AvgIpc) is 3.16. The van der Waals surface area contributed by atoms with Crippen molar-refractivity contribution in [1.29, 1.82) is 0 Å². The van der Waals surface area contributed by atoms with E-state index in [0.29, 0.717) is 18.5 Å². The number of nitrogens with one attached hydrogen (secondary N) is 1. The standard InChI is InChI=1S/C14H18N6.HI/c1-10-16-6-7-20(10)13-5-2-11(8-17-13)9-18-14(15)19-12-3-4-12;/h2,5-8,12H,3-4,9H2,1H3,(H3,15,18,19);1H. The maximum atomic E-state index is 5.80. The molecule has 3 rings (SSSR count). The van der Waals surface area contributed by atoms with E-state index in [9.17, 15) is 0 Å². The summed E-state index contributed by atoms with van der Waals surface area (Å²) >= 11 is 0. The number of halogens is 1. The summed E-state index contributed by atoms with van der Waals surface area (Å²) in [5.41, 5.74) is 6.83. The normalized spacial score (nSPS) is 14.6. The summed E-state index contributed by atoms with van der Waals surface area (Å²) in [5, 5.41) is 3.16. The van der Waals surface area contributed by atoms with Gasteiger partial charge in [-0.2, -0.15) is 0 Å². The third-order valence-corrected chi connectivity index (χ3v) is 3.24. The average molecular weight is 398 g/mol. The predicted octanol–water partition coefficient (Wildman–Crippen LogP) is 1.76. The van der Waals surface area contributed by atoms with Crippen molar-refractivity contribution in [2.75, 3.05) is 0 Å². The van der Waals surface area contributed by atoms with Gasteiger partial charge in [0.25, 0.3) is 0 Å². The van der Waals surface area contributed by atoms with Gasteiger partial charge in [-0.25, -0.2) is 15.0 Å². The smallest absolute Gasteiger partial charge is 0.189 e. The Balaban J connectivity index is 0.00000161. The van der Waals surface area contributed by atoms with Gasteiger partial charge in [0.2, 0.25) is 0 Å². The van der Waals surface area contributed by atoms with Crippen molar-refractivity contribution in [2.45, 2.75) is 32.4 Å². The molecule has 0 amide bonds. The molecule has 0 unspecified atom stereocenters. The van der Waals surface area contributed by atoms with Crippen molar-refractivity contribution in [2.24, 2.45) is 10.7 Å². The van der Waals surface area contributed by atoms with E-state index in [-0.39, 0.29) is 24.0 Å². The molecule has 0 aliphatic heterocycles. The van der Waals surface area contributed by atoms with Crippen LogP contribution < -0.4 is 11.1 Å². The van der Waals surface area contributed by atoms with Crippen LogP contribution in [0.3, 0.4) is 0 Å². The molecule has 0 atom stereocenters. The SMILES string of the molecule is Cc1nccn1-c1ccc(CN=C(N)NC2CC2)cn1.I. The van der Waals surface area contributed by atoms with Gasteiger partial charge in [0.05, 0.1) is 6.54 Å². The molecule has 2 aromatic rings. The fraction of sp³-hybridized carbons (Fsp3) is 0.357. The second-order valence-corrected chi connectivity index (χ2v) is 4.99. The molecule has 2 aromatic heterocycles. The Labute approximate surface area is 140 Å². The fourth-order valence-electron chi connectivity index (χ4n) is 1.93. The van der Waals surface area contributed by atoms with Gasteiger partial charge < -0.3 is 11.1 Å². The number of hydrogen-bond donors (Lipinski definition) is 2. The third kappa shape index (κ3) is 4.16. The van der Waals surface area contributed by atoms with Crippen molar-refractivity contribution in [3.63, 3.8) is 0 Å². The third-order valence-electron chi connectivity index (χ3n) is 3.24. The molecule has 7 heteroatoms. The molecule has 1 aliphatic carbocycles. The minimum Gasteiger partial charge on any atom is -0.370 e. The van der Waals surface area contributed by atoms with E-state index in [2.05, 4.69) is 20.3 Å². The Kier molecular flexibility index (Phi) is 5.16. The summed E-state index contributed by atoms with van der Waals surface area (Å²) in [6.45, 7) is 2.49. The molecule has 1 aliphatic rings. The minimum absolute atomic E-state index is 0. The van der Waals surface area contributed by atoms with Crippen molar-refractivity contribution in [3.05, 3.63) is 42.1 Å². The number of aryl methyl sites for hydroxylation is 1. The second kappa shape index (κ2) is 6.88. The van der Waals surface area contributed by atoms with E-state index in [1.54, 1.807) is 6.20 Å². The molecule has 6 nitrogen and oxygen atoms in total. The number of pyridine rings is 1. The molecule has 0 bridgehead atoms. The number of nitrogens with two attached hydrogens (primary N) is 1. The van der Waals surface area contributed by atoms with Crippen LogP contribution in [-0.4, -0.2) is 26.5 Å². The second-order valence-electron chi connectivity index (χ2n) is 4.99.